The Labute approximate surface area is 79.2 Å². The molecule has 0 fully saturated rings. The van der Waals surface area contributed by atoms with Crippen LogP contribution in [0.5, 0.6) is 0 Å². The van der Waals surface area contributed by atoms with E-state index in [1.165, 1.54) is 27.5 Å². The molecule has 0 rings (SSSR count). The van der Waals surface area contributed by atoms with Crippen LogP contribution in [0.2, 0.25) is 0 Å². The second-order valence-corrected chi connectivity index (χ2v) is 3.49. The van der Waals surface area contributed by atoms with E-state index in [-0.39, 0.29) is 0 Å². The van der Waals surface area contributed by atoms with Crippen molar-refractivity contribution in [1.29, 1.82) is 0 Å². The van der Waals surface area contributed by atoms with Crippen molar-refractivity contribution in [2.75, 3.05) is 33.3 Å². The van der Waals surface area contributed by atoms with E-state index < -0.39 is 0 Å². The highest BCUT2D eigenvalue weighted by Crippen LogP contribution is 2.01. The van der Waals surface area contributed by atoms with Gasteiger partial charge in [-0.2, -0.15) is 0 Å². The van der Waals surface area contributed by atoms with Crippen molar-refractivity contribution in [3.63, 3.8) is 0 Å². The Morgan fingerprint density at radius 3 is 2.25 bits per heavy atom. The minimum Gasteiger partial charge on any atom is -0.309 e. The molecule has 0 amide bonds. The summed E-state index contributed by atoms with van der Waals surface area (Å²) in [6.45, 7) is 8.23. The van der Waals surface area contributed by atoms with Gasteiger partial charge < -0.3 is 4.90 Å². The molecule has 0 aliphatic rings. The highest BCUT2D eigenvalue weighted by atomic mass is 31.1. The smallest absolute Gasteiger partial charge is 0.0404 e. The topological polar surface area (TPSA) is 15.6 Å². The summed E-state index contributed by atoms with van der Waals surface area (Å²) in [5.74, 6) is 0. The van der Waals surface area contributed by atoms with Gasteiger partial charge in [-0.1, -0.05) is 13.8 Å². The van der Waals surface area contributed by atoms with E-state index in [0.29, 0.717) is 0 Å². The zero-order valence-electron chi connectivity index (χ0n) is 9.17. The number of hydrogen-bond donors (Lipinski definition) is 0. The van der Waals surface area contributed by atoms with Crippen molar-refractivity contribution in [3.05, 3.63) is 0 Å². The quantitative estimate of drug-likeness (QED) is 0.480. The summed E-state index contributed by atoms with van der Waals surface area (Å²) in [5, 5.41) is 0. The van der Waals surface area contributed by atoms with E-state index in [1.54, 1.807) is 0 Å². The third-order valence-corrected chi connectivity index (χ3v) is 2.10. The summed E-state index contributed by atoms with van der Waals surface area (Å²) in [6.07, 6.45) is 2.48. The standard InChI is InChI=1S/C7H17N2P.C2H6/c1-4-8-10-7-5-6-9(2)3;1-2/h4-7H2,1-3H3;1-2H3. The lowest BCUT2D eigenvalue weighted by atomic mass is 10.5. The van der Waals surface area contributed by atoms with Crippen LogP contribution in [0.1, 0.15) is 27.2 Å². The van der Waals surface area contributed by atoms with Crippen LogP contribution in [0.3, 0.4) is 0 Å². The summed E-state index contributed by atoms with van der Waals surface area (Å²) in [4.78, 5) is 2.21. The summed E-state index contributed by atoms with van der Waals surface area (Å²) in [6, 6.07) is 0. The maximum atomic E-state index is 4.22. The first-order chi connectivity index (χ1) is 5.77. The van der Waals surface area contributed by atoms with Gasteiger partial charge in [0, 0.05) is 21.1 Å². The third-order valence-electron chi connectivity index (χ3n) is 1.10. The Morgan fingerprint density at radius 1 is 1.25 bits per heavy atom. The van der Waals surface area contributed by atoms with Gasteiger partial charge in [-0.25, -0.2) is 0 Å². The second-order valence-electron chi connectivity index (χ2n) is 2.48. The minimum absolute atomic E-state index is 0.962. The number of nitrogens with zero attached hydrogens (tertiary/aromatic N) is 2. The number of hydrogen-bond acceptors (Lipinski definition) is 2. The summed E-state index contributed by atoms with van der Waals surface area (Å²) in [5.41, 5.74) is 0. The summed E-state index contributed by atoms with van der Waals surface area (Å²) in [7, 11) is 5.47. The molecule has 0 saturated carbocycles. The normalized spacial score (nSPS) is 10.2. The van der Waals surface area contributed by atoms with Gasteiger partial charge in [0.1, 0.15) is 0 Å². The molecule has 0 aromatic rings. The summed E-state index contributed by atoms with van der Waals surface area (Å²) >= 11 is 0. The van der Waals surface area contributed by atoms with Crippen molar-refractivity contribution >= 4 is 8.37 Å². The average molecular weight is 190 g/mol. The molecule has 0 unspecified atom stereocenters. The zero-order chi connectivity index (χ0) is 9.82. The first-order valence-corrected chi connectivity index (χ1v) is 5.78. The second kappa shape index (κ2) is 13.6. The maximum Gasteiger partial charge on any atom is 0.0404 e. The molecule has 3 heteroatoms. The van der Waals surface area contributed by atoms with Gasteiger partial charge >= 0.3 is 0 Å². The first-order valence-electron chi connectivity index (χ1n) is 4.75. The monoisotopic (exact) mass is 190 g/mol. The van der Waals surface area contributed by atoms with Crippen LogP contribution in [-0.2, 0) is 0 Å². The van der Waals surface area contributed by atoms with Crippen molar-refractivity contribution in [2.45, 2.75) is 27.2 Å². The molecule has 0 bridgehead atoms. The lowest BCUT2D eigenvalue weighted by Gasteiger charge is -2.05. The van der Waals surface area contributed by atoms with Gasteiger partial charge in [0.05, 0.1) is 0 Å². The Bertz CT molecular complexity index is 92.5. The van der Waals surface area contributed by atoms with Gasteiger partial charge in [0.25, 0.3) is 0 Å². The fourth-order valence-corrected chi connectivity index (χ4v) is 1.25. The Hall–Kier alpha value is 0.0600. The van der Waals surface area contributed by atoms with Gasteiger partial charge in [0.15, 0.2) is 0 Å². The van der Waals surface area contributed by atoms with E-state index in [2.05, 4.69) is 30.7 Å². The highest BCUT2D eigenvalue weighted by molar-refractivity contribution is 7.26. The molecule has 0 saturated heterocycles. The molecule has 0 aromatic heterocycles. The fraction of sp³-hybridized carbons (Fsp3) is 1.00. The molecule has 0 heterocycles. The lowest BCUT2D eigenvalue weighted by molar-refractivity contribution is 0.410. The van der Waals surface area contributed by atoms with Crippen molar-refractivity contribution in [1.82, 2.24) is 4.90 Å². The molecular weight excluding hydrogens is 167 g/mol. The van der Waals surface area contributed by atoms with Gasteiger partial charge in [-0.3, -0.25) is 4.74 Å². The van der Waals surface area contributed by atoms with Crippen molar-refractivity contribution in [2.24, 2.45) is 4.74 Å². The summed E-state index contributed by atoms with van der Waals surface area (Å²) < 4.78 is 4.22. The molecule has 0 aliphatic carbocycles. The molecule has 0 radical (unpaired) electrons. The molecule has 0 N–H and O–H groups in total. The molecule has 12 heavy (non-hydrogen) atoms. The molecule has 2 nitrogen and oxygen atoms in total. The van der Waals surface area contributed by atoms with Gasteiger partial charge in [-0.15, -0.1) is 0 Å². The molecule has 0 aliphatic heterocycles. The van der Waals surface area contributed by atoms with Gasteiger partial charge in [0.2, 0.25) is 0 Å². The van der Waals surface area contributed by atoms with E-state index in [1.807, 2.05) is 13.8 Å². The average Bonchev–Trinajstić information content (AvgIpc) is 2.07. The Morgan fingerprint density at radius 2 is 1.83 bits per heavy atom. The SMILES string of the molecule is CC.CCN=PCCCN(C)C. The molecule has 0 spiro atoms. The van der Waals surface area contributed by atoms with E-state index >= 15 is 0 Å². The maximum absolute atomic E-state index is 4.22. The molecule has 74 valence electrons. The van der Waals surface area contributed by atoms with Crippen LogP contribution < -0.4 is 0 Å². The minimum atomic E-state index is 0.962. The van der Waals surface area contributed by atoms with Crippen LogP contribution in [0.25, 0.3) is 0 Å². The van der Waals surface area contributed by atoms with E-state index in [0.717, 1.165) is 6.54 Å². The van der Waals surface area contributed by atoms with E-state index in [9.17, 15) is 0 Å². The predicted molar refractivity (Wildman–Crippen MR) is 59.3 cm³/mol. The molecule has 0 atom stereocenters. The largest absolute Gasteiger partial charge is 0.309 e. The highest BCUT2D eigenvalue weighted by Gasteiger charge is 1.87. The van der Waals surface area contributed by atoms with Crippen molar-refractivity contribution < 1.29 is 0 Å². The molecular formula is C9H23N2P. The fourth-order valence-electron chi connectivity index (χ4n) is 0.628. The Kier molecular flexibility index (Phi) is 16.6. The third kappa shape index (κ3) is 16.6. The van der Waals surface area contributed by atoms with Gasteiger partial charge in [-0.05, 0) is 34.0 Å². The van der Waals surface area contributed by atoms with Crippen LogP contribution in [0.15, 0.2) is 4.74 Å². The predicted octanol–water partition coefficient (Wildman–Crippen LogP) is 3.11. The van der Waals surface area contributed by atoms with Crippen LogP contribution in [-0.4, -0.2) is 38.2 Å². The number of rotatable bonds is 5. The Balaban J connectivity index is 0. The van der Waals surface area contributed by atoms with Crippen LogP contribution in [0, 0.1) is 0 Å². The molecule has 0 aromatic carbocycles. The first kappa shape index (κ1) is 14.6. The zero-order valence-corrected chi connectivity index (χ0v) is 10.1. The lowest BCUT2D eigenvalue weighted by Crippen LogP contribution is -2.12. The van der Waals surface area contributed by atoms with Crippen molar-refractivity contribution in [3.8, 4) is 0 Å². The van der Waals surface area contributed by atoms with Crippen LogP contribution in [0.4, 0.5) is 0 Å². The van der Waals surface area contributed by atoms with E-state index in [4.69, 9.17) is 0 Å². The van der Waals surface area contributed by atoms with Crippen LogP contribution >= 0.6 is 8.37 Å².